The highest BCUT2D eigenvalue weighted by Crippen LogP contribution is 2.32. The molecule has 1 aromatic carbocycles. The van der Waals surface area contributed by atoms with E-state index in [9.17, 15) is 15.2 Å². The first kappa shape index (κ1) is 15.7. The number of nitro benzene ring substituents is 1. The molecule has 2 N–H and O–H groups in total. The van der Waals surface area contributed by atoms with Gasteiger partial charge in [0, 0.05) is 22.8 Å². The monoisotopic (exact) mass is 287 g/mol. The van der Waals surface area contributed by atoms with Gasteiger partial charge in [0.15, 0.2) is 5.75 Å². The SMILES string of the molecule is CC(C)Oc1cc(SCC(O)CO)ccc1[N+](=O)[O-]. The van der Waals surface area contributed by atoms with Gasteiger partial charge in [-0.15, -0.1) is 11.8 Å². The van der Waals surface area contributed by atoms with E-state index in [2.05, 4.69) is 0 Å². The lowest BCUT2D eigenvalue weighted by Crippen LogP contribution is -2.14. The molecule has 1 rings (SSSR count). The van der Waals surface area contributed by atoms with Crippen molar-refractivity contribution in [2.24, 2.45) is 0 Å². The van der Waals surface area contributed by atoms with Crippen LogP contribution >= 0.6 is 11.8 Å². The molecule has 0 radical (unpaired) electrons. The molecule has 0 aliphatic carbocycles. The quantitative estimate of drug-likeness (QED) is 0.451. The van der Waals surface area contributed by atoms with Gasteiger partial charge in [-0.3, -0.25) is 10.1 Å². The van der Waals surface area contributed by atoms with Gasteiger partial charge < -0.3 is 14.9 Å². The van der Waals surface area contributed by atoms with Crippen LogP contribution in [-0.4, -0.2) is 39.7 Å². The highest BCUT2D eigenvalue weighted by molar-refractivity contribution is 7.99. The molecule has 0 saturated heterocycles. The van der Waals surface area contributed by atoms with Gasteiger partial charge in [0.2, 0.25) is 0 Å². The smallest absolute Gasteiger partial charge is 0.311 e. The predicted molar refractivity (Wildman–Crippen MR) is 72.7 cm³/mol. The molecule has 1 aromatic rings. The van der Waals surface area contributed by atoms with Crippen LogP contribution in [-0.2, 0) is 0 Å². The second-order valence-electron chi connectivity index (χ2n) is 4.20. The molecule has 0 aliphatic rings. The minimum atomic E-state index is -0.811. The van der Waals surface area contributed by atoms with Gasteiger partial charge in [-0.1, -0.05) is 0 Å². The molecule has 6 nitrogen and oxygen atoms in total. The molecule has 0 amide bonds. The molecular weight excluding hydrogens is 270 g/mol. The van der Waals surface area contributed by atoms with E-state index in [1.165, 1.54) is 17.8 Å². The summed E-state index contributed by atoms with van der Waals surface area (Å²) in [5.41, 5.74) is -0.0826. The van der Waals surface area contributed by atoms with E-state index in [0.717, 1.165) is 4.90 Å². The lowest BCUT2D eigenvalue weighted by Gasteiger charge is -2.12. The Labute approximate surface area is 115 Å². The Morgan fingerprint density at radius 2 is 2.16 bits per heavy atom. The molecule has 19 heavy (non-hydrogen) atoms. The van der Waals surface area contributed by atoms with Crippen molar-refractivity contribution < 1.29 is 19.9 Å². The maximum atomic E-state index is 10.9. The van der Waals surface area contributed by atoms with Crippen LogP contribution < -0.4 is 4.74 Å². The number of thioether (sulfide) groups is 1. The Hall–Kier alpha value is -1.31. The summed E-state index contributed by atoms with van der Waals surface area (Å²) in [5, 5.41) is 28.9. The predicted octanol–water partition coefficient (Wildman–Crippen LogP) is 1.83. The van der Waals surface area contributed by atoms with Crippen LogP contribution in [0.3, 0.4) is 0 Å². The maximum absolute atomic E-state index is 10.9. The summed E-state index contributed by atoms with van der Waals surface area (Å²) in [4.78, 5) is 11.1. The van der Waals surface area contributed by atoms with Gasteiger partial charge in [0.05, 0.1) is 23.7 Å². The summed E-state index contributed by atoms with van der Waals surface area (Å²) >= 11 is 1.30. The fraction of sp³-hybridized carbons (Fsp3) is 0.500. The molecule has 1 atom stereocenters. The summed E-state index contributed by atoms with van der Waals surface area (Å²) in [7, 11) is 0. The number of benzene rings is 1. The lowest BCUT2D eigenvalue weighted by atomic mass is 10.3. The Balaban J connectivity index is 2.88. The standard InChI is InChI=1S/C12H17NO5S/c1-8(2)18-12-5-10(19-7-9(15)6-14)3-4-11(12)13(16)17/h3-5,8-9,14-15H,6-7H2,1-2H3. The Bertz CT molecular complexity index is 438. The summed E-state index contributed by atoms with van der Waals surface area (Å²) < 4.78 is 5.41. The van der Waals surface area contributed by atoms with E-state index >= 15 is 0 Å². The van der Waals surface area contributed by atoms with Crippen molar-refractivity contribution in [1.82, 2.24) is 0 Å². The zero-order valence-electron chi connectivity index (χ0n) is 10.8. The summed E-state index contributed by atoms with van der Waals surface area (Å²) in [6.45, 7) is 3.27. The normalized spacial score (nSPS) is 12.5. The third-order valence-electron chi connectivity index (χ3n) is 2.14. The van der Waals surface area contributed by atoms with Gasteiger partial charge in [-0.2, -0.15) is 0 Å². The summed E-state index contributed by atoms with van der Waals surface area (Å²) in [5.74, 6) is 0.526. The van der Waals surface area contributed by atoms with Crippen LogP contribution in [0, 0.1) is 10.1 Å². The lowest BCUT2D eigenvalue weighted by molar-refractivity contribution is -0.386. The molecule has 0 fully saturated rings. The third kappa shape index (κ3) is 5.06. The van der Waals surface area contributed by atoms with Gasteiger partial charge in [-0.05, 0) is 19.9 Å². The van der Waals surface area contributed by atoms with E-state index in [-0.39, 0.29) is 24.1 Å². The van der Waals surface area contributed by atoms with Crippen LogP contribution in [0.15, 0.2) is 23.1 Å². The number of hydrogen-bond donors (Lipinski definition) is 2. The number of nitrogens with zero attached hydrogens (tertiary/aromatic N) is 1. The Morgan fingerprint density at radius 1 is 1.47 bits per heavy atom. The zero-order valence-corrected chi connectivity index (χ0v) is 11.6. The van der Waals surface area contributed by atoms with E-state index in [1.807, 2.05) is 0 Å². The van der Waals surface area contributed by atoms with E-state index in [0.29, 0.717) is 5.75 Å². The molecule has 0 aromatic heterocycles. The van der Waals surface area contributed by atoms with Crippen LogP contribution in [0.2, 0.25) is 0 Å². The third-order valence-corrected chi connectivity index (χ3v) is 3.28. The van der Waals surface area contributed by atoms with Crippen LogP contribution in [0.4, 0.5) is 5.69 Å². The van der Waals surface area contributed by atoms with Crippen LogP contribution in [0.1, 0.15) is 13.8 Å². The maximum Gasteiger partial charge on any atom is 0.311 e. The van der Waals surface area contributed by atoms with Crippen molar-refractivity contribution in [2.75, 3.05) is 12.4 Å². The first-order chi connectivity index (χ1) is 8.93. The summed E-state index contributed by atoms with van der Waals surface area (Å²) in [6, 6.07) is 4.55. The molecular formula is C12H17NO5S. The summed E-state index contributed by atoms with van der Waals surface area (Å²) in [6.07, 6.45) is -0.975. The van der Waals surface area contributed by atoms with Crippen molar-refractivity contribution in [3.63, 3.8) is 0 Å². The van der Waals surface area contributed by atoms with Crippen molar-refractivity contribution in [1.29, 1.82) is 0 Å². The van der Waals surface area contributed by atoms with Crippen LogP contribution in [0.5, 0.6) is 5.75 Å². The number of nitro groups is 1. The number of aliphatic hydroxyl groups is 2. The molecule has 0 heterocycles. The topological polar surface area (TPSA) is 92.8 Å². The Morgan fingerprint density at radius 3 is 2.68 bits per heavy atom. The minimum absolute atomic E-state index is 0.0826. The van der Waals surface area contributed by atoms with Gasteiger partial charge in [0.1, 0.15) is 0 Å². The first-order valence-corrected chi connectivity index (χ1v) is 6.79. The molecule has 1 unspecified atom stereocenters. The highest BCUT2D eigenvalue weighted by Gasteiger charge is 2.17. The second-order valence-corrected chi connectivity index (χ2v) is 5.29. The molecule has 0 aliphatic heterocycles. The molecule has 106 valence electrons. The minimum Gasteiger partial charge on any atom is -0.484 e. The van der Waals surface area contributed by atoms with Crippen molar-refractivity contribution >= 4 is 17.4 Å². The number of hydrogen-bond acceptors (Lipinski definition) is 6. The van der Waals surface area contributed by atoms with E-state index in [4.69, 9.17) is 9.84 Å². The van der Waals surface area contributed by atoms with Gasteiger partial charge >= 0.3 is 5.69 Å². The molecule has 7 heteroatoms. The number of rotatable bonds is 7. The fourth-order valence-corrected chi connectivity index (χ4v) is 2.17. The van der Waals surface area contributed by atoms with Crippen molar-refractivity contribution in [3.05, 3.63) is 28.3 Å². The van der Waals surface area contributed by atoms with Crippen molar-refractivity contribution in [3.8, 4) is 5.75 Å². The first-order valence-electron chi connectivity index (χ1n) is 5.81. The number of aliphatic hydroxyl groups excluding tert-OH is 2. The average Bonchev–Trinajstić information content (AvgIpc) is 2.35. The van der Waals surface area contributed by atoms with Gasteiger partial charge in [0.25, 0.3) is 0 Å². The largest absolute Gasteiger partial charge is 0.484 e. The van der Waals surface area contributed by atoms with Gasteiger partial charge in [-0.25, -0.2) is 0 Å². The van der Waals surface area contributed by atoms with E-state index in [1.54, 1.807) is 26.0 Å². The Kier molecular flexibility index (Phi) is 6.07. The molecule has 0 saturated carbocycles. The van der Waals surface area contributed by atoms with E-state index < -0.39 is 11.0 Å². The zero-order chi connectivity index (χ0) is 14.4. The highest BCUT2D eigenvalue weighted by atomic mass is 32.2. The number of ether oxygens (including phenoxy) is 1. The van der Waals surface area contributed by atoms with Crippen molar-refractivity contribution in [2.45, 2.75) is 31.0 Å². The van der Waals surface area contributed by atoms with Crippen LogP contribution in [0.25, 0.3) is 0 Å². The molecule has 0 bridgehead atoms. The fourth-order valence-electron chi connectivity index (χ4n) is 1.33. The second kappa shape index (κ2) is 7.32. The average molecular weight is 287 g/mol. The molecule has 0 spiro atoms.